The minimum atomic E-state index is -0.0453. The van der Waals surface area contributed by atoms with Crippen LogP contribution in [-0.2, 0) is 6.54 Å². The third-order valence-corrected chi connectivity index (χ3v) is 4.74. The van der Waals surface area contributed by atoms with E-state index >= 15 is 0 Å². The molecule has 0 unspecified atom stereocenters. The minimum absolute atomic E-state index is 0.0453. The van der Waals surface area contributed by atoms with E-state index in [0.29, 0.717) is 36.8 Å². The highest BCUT2D eigenvalue weighted by Crippen LogP contribution is 2.30. The number of hydrogen-bond acceptors (Lipinski definition) is 5. The van der Waals surface area contributed by atoms with E-state index in [9.17, 15) is 4.79 Å². The number of aromatic nitrogens is 1. The van der Waals surface area contributed by atoms with Crippen LogP contribution in [0.5, 0.6) is 11.5 Å². The molecule has 0 saturated carbocycles. The Kier molecular flexibility index (Phi) is 4.85. The molecule has 0 saturated heterocycles. The van der Waals surface area contributed by atoms with E-state index in [2.05, 4.69) is 4.98 Å². The fraction of sp³-hybridized carbons (Fsp3) is 0.182. The maximum atomic E-state index is 13.1. The van der Waals surface area contributed by atoms with Crippen LogP contribution in [0.1, 0.15) is 15.9 Å². The number of anilines is 1. The first-order chi connectivity index (χ1) is 13.6. The Hall–Kier alpha value is -3.54. The molecule has 0 spiro atoms. The van der Waals surface area contributed by atoms with Gasteiger partial charge in [-0.2, -0.15) is 0 Å². The molecule has 28 heavy (non-hydrogen) atoms. The Balaban J connectivity index is 1.61. The van der Waals surface area contributed by atoms with Crippen LogP contribution in [0.3, 0.4) is 0 Å². The number of nitrogens with zero attached hydrogens (tertiary/aromatic N) is 2. The molecule has 4 rings (SSSR count). The topological polar surface area (TPSA) is 77.7 Å². The molecule has 1 aromatic heterocycles. The fourth-order valence-corrected chi connectivity index (χ4v) is 3.31. The number of rotatable bonds is 4. The lowest BCUT2D eigenvalue weighted by molar-refractivity contribution is 0.0743. The van der Waals surface area contributed by atoms with Gasteiger partial charge in [-0.05, 0) is 53.1 Å². The summed E-state index contributed by atoms with van der Waals surface area (Å²) in [7, 11) is 1.63. The number of hydrogen-bond donors (Lipinski definition) is 1. The van der Waals surface area contributed by atoms with E-state index in [1.165, 1.54) is 0 Å². The summed E-state index contributed by atoms with van der Waals surface area (Å²) in [6.07, 6.45) is 1.66. The Bertz CT molecular complexity index is 1020. The maximum Gasteiger partial charge on any atom is 0.258 e. The van der Waals surface area contributed by atoms with Crippen molar-refractivity contribution < 1.29 is 14.3 Å². The standard InChI is InChI=1S/C22H21N3O3/c1-27-18-4-2-3-15(11-18)14-25-9-10-28-20-12-16(5-6-19(20)22(25)26)17-7-8-24-21(23)13-17/h2-8,11-13H,9-10,14H2,1H3,(H2,23,24). The largest absolute Gasteiger partial charge is 0.497 e. The number of carbonyl (C=O) groups excluding carboxylic acids is 1. The third kappa shape index (κ3) is 3.62. The highest BCUT2D eigenvalue weighted by atomic mass is 16.5. The van der Waals surface area contributed by atoms with Crippen molar-refractivity contribution in [3.05, 3.63) is 71.9 Å². The molecule has 1 aliphatic heterocycles. The number of methoxy groups -OCH3 is 1. The van der Waals surface area contributed by atoms with Crippen LogP contribution in [0, 0.1) is 0 Å². The number of nitrogen functional groups attached to an aromatic ring is 1. The smallest absolute Gasteiger partial charge is 0.258 e. The summed E-state index contributed by atoms with van der Waals surface area (Å²) < 4.78 is 11.2. The van der Waals surface area contributed by atoms with Crippen LogP contribution in [0.4, 0.5) is 5.82 Å². The summed E-state index contributed by atoms with van der Waals surface area (Å²) in [6.45, 7) is 1.45. The average molecular weight is 375 g/mol. The van der Waals surface area contributed by atoms with Crippen LogP contribution in [-0.4, -0.2) is 36.1 Å². The van der Waals surface area contributed by atoms with Gasteiger partial charge in [-0.1, -0.05) is 18.2 Å². The minimum Gasteiger partial charge on any atom is -0.497 e. The average Bonchev–Trinajstić information content (AvgIpc) is 2.87. The SMILES string of the molecule is COc1cccc(CN2CCOc3cc(-c4ccnc(N)c4)ccc3C2=O)c1. The molecule has 6 nitrogen and oxygen atoms in total. The molecule has 0 atom stereocenters. The number of pyridine rings is 1. The van der Waals surface area contributed by atoms with Crippen molar-refractivity contribution >= 4 is 11.7 Å². The molecule has 6 heteroatoms. The van der Waals surface area contributed by atoms with Crippen molar-refractivity contribution in [2.45, 2.75) is 6.54 Å². The second kappa shape index (κ2) is 7.60. The zero-order valence-corrected chi connectivity index (χ0v) is 15.6. The molecule has 1 amide bonds. The summed E-state index contributed by atoms with van der Waals surface area (Å²) in [4.78, 5) is 18.9. The first kappa shape index (κ1) is 17.9. The fourth-order valence-electron chi connectivity index (χ4n) is 3.31. The van der Waals surface area contributed by atoms with E-state index in [0.717, 1.165) is 22.4 Å². The highest BCUT2D eigenvalue weighted by Gasteiger charge is 2.24. The van der Waals surface area contributed by atoms with Crippen molar-refractivity contribution in [2.75, 3.05) is 26.0 Å². The summed E-state index contributed by atoms with van der Waals surface area (Å²) in [6, 6.07) is 17.0. The normalized spacial score (nSPS) is 13.5. The first-order valence-electron chi connectivity index (χ1n) is 9.05. The van der Waals surface area contributed by atoms with E-state index in [4.69, 9.17) is 15.2 Å². The summed E-state index contributed by atoms with van der Waals surface area (Å²) >= 11 is 0. The van der Waals surface area contributed by atoms with E-state index in [1.54, 1.807) is 24.3 Å². The van der Waals surface area contributed by atoms with Gasteiger partial charge >= 0.3 is 0 Å². The van der Waals surface area contributed by atoms with Crippen molar-refractivity contribution in [1.29, 1.82) is 0 Å². The van der Waals surface area contributed by atoms with Gasteiger partial charge in [0.15, 0.2) is 0 Å². The quantitative estimate of drug-likeness (QED) is 0.756. The molecule has 2 aromatic carbocycles. The van der Waals surface area contributed by atoms with Gasteiger partial charge in [0, 0.05) is 12.7 Å². The number of carbonyl (C=O) groups is 1. The zero-order chi connectivity index (χ0) is 19.5. The number of benzene rings is 2. The molecule has 2 heterocycles. The van der Waals surface area contributed by atoms with Gasteiger partial charge in [0.2, 0.25) is 0 Å². The third-order valence-electron chi connectivity index (χ3n) is 4.74. The van der Waals surface area contributed by atoms with Gasteiger partial charge in [0.25, 0.3) is 5.91 Å². The van der Waals surface area contributed by atoms with Gasteiger partial charge < -0.3 is 20.1 Å². The van der Waals surface area contributed by atoms with Gasteiger partial charge in [-0.15, -0.1) is 0 Å². The lowest BCUT2D eigenvalue weighted by atomic mass is 10.0. The molecule has 1 aliphatic rings. The molecular weight excluding hydrogens is 354 g/mol. The maximum absolute atomic E-state index is 13.1. The molecular formula is C22H21N3O3. The van der Waals surface area contributed by atoms with Crippen LogP contribution in [0.25, 0.3) is 11.1 Å². The van der Waals surface area contributed by atoms with Crippen molar-refractivity contribution in [3.63, 3.8) is 0 Å². The highest BCUT2D eigenvalue weighted by molar-refractivity contribution is 5.98. The van der Waals surface area contributed by atoms with Crippen LogP contribution in [0.15, 0.2) is 60.8 Å². The Morgan fingerprint density at radius 2 is 2.00 bits per heavy atom. The number of fused-ring (bicyclic) bond motifs is 1. The number of nitrogens with two attached hydrogens (primary N) is 1. The van der Waals surface area contributed by atoms with E-state index in [1.807, 2.05) is 48.5 Å². The lowest BCUT2D eigenvalue weighted by Gasteiger charge is -2.20. The molecule has 0 bridgehead atoms. The van der Waals surface area contributed by atoms with Gasteiger partial charge in [0.1, 0.15) is 23.9 Å². The van der Waals surface area contributed by atoms with Crippen LogP contribution in [0.2, 0.25) is 0 Å². The Morgan fingerprint density at radius 1 is 1.14 bits per heavy atom. The molecule has 0 radical (unpaired) electrons. The Labute approximate surface area is 163 Å². The predicted molar refractivity (Wildman–Crippen MR) is 107 cm³/mol. The van der Waals surface area contributed by atoms with Gasteiger partial charge in [-0.3, -0.25) is 4.79 Å². The van der Waals surface area contributed by atoms with Gasteiger partial charge in [-0.25, -0.2) is 4.98 Å². The van der Waals surface area contributed by atoms with E-state index in [-0.39, 0.29) is 5.91 Å². The number of amides is 1. The van der Waals surface area contributed by atoms with Crippen LogP contribution >= 0.6 is 0 Å². The predicted octanol–water partition coefficient (Wildman–Crippen LogP) is 3.37. The van der Waals surface area contributed by atoms with E-state index < -0.39 is 0 Å². The van der Waals surface area contributed by atoms with Crippen molar-refractivity contribution in [1.82, 2.24) is 9.88 Å². The summed E-state index contributed by atoms with van der Waals surface area (Å²) in [5, 5.41) is 0. The molecule has 0 aliphatic carbocycles. The molecule has 3 aromatic rings. The van der Waals surface area contributed by atoms with Gasteiger partial charge in [0.05, 0.1) is 19.2 Å². The first-order valence-corrected chi connectivity index (χ1v) is 9.05. The molecule has 2 N–H and O–H groups in total. The second-order valence-electron chi connectivity index (χ2n) is 6.61. The zero-order valence-electron chi connectivity index (χ0n) is 15.6. The number of ether oxygens (including phenoxy) is 2. The summed E-state index contributed by atoms with van der Waals surface area (Å²) in [5.41, 5.74) is 9.22. The van der Waals surface area contributed by atoms with Crippen LogP contribution < -0.4 is 15.2 Å². The molecule has 142 valence electrons. The monoisotopic (exact) mass is 375 g/mol. The second-order valence-corrected chi connectivity index (χ2v) is 6.61. The van der Waals surface area contributed by atoms with Crippen molar-refractivity contribution in [3.8, 4) is 22.6 Å². The summed E-state index contributed by atoms with van der Waals surface area (Å²) in [5.74, 6) is 1.77. The lowest BCUT2D eigenvalue weighted by Crippen LogP contribution is -2.31. The molecule has 0 fully saturated rings. The Morgan fingerprint density at radius 3 is 2.82 bits per heavy atom. The van der Waals surface area contributed by atoms with Crippen molar-refractivity contribution in [2.24, 2.45) is 0 Å².